The highest BCUT2D eigenvalue weighted by molar-refractivity contribution is 7.33. The number of benzene rings is 2. The predicted octanol–water partition coefficient (Wildman–Crippen LogP) is 2.81. The van der Waals surface area contributed by atoms with Gasteiger partial charge in [-0.05, 0) is 11.1 Å². The lowest BCUT2D eigenvalue weighted by Gasteiger charge is -2.20. The Balaban J connectivity index is 1.99. The Morgan fingerprint density at radius 2 is 1.14 bits per heavy atom. The van der Waals surface area contributed by atoms with Crippen LogP contribution >= 0.6 is 8.25 Å². The third kappa shape index (κ3) is 4.77. The molecule has 0 spiro atoms. The highest BCUT2D eigenvalue weighted by atomic mass is 31.1. The molecule has 0 aromatic heterocycles. The second-order valence-electron chi connectivity index (χ2n) is 4.76. The van der Waals surface area contributed by atoms with Crippen LogP contribution in [0.15, 0.2) is 60.7 Å². The van der Waals surface area contributed by atoms with Crippen LogP contribution in [0.2, 0.25) is 0 Å². The van der Waals surface area contributed by atoms with E-state index in [0.29, 0.717) is 0 Å². The van der Waals surface area contributed by atoms with Crippen LogP contribution in [0, 0.1) is 0 Å². The maximum atomic E-state index is 12.2. The summed E-state index contributed by atoms with van der Waals surface area (Å²) in [5.74, 6) is 0. The summed E-state index contributed by atoms with van der Waals surface area (Å²) in [6.07, 6.45) is -0.913. The topological polar surface area (TPSA) is 87.6 Å². The molecule has 2 atom stereocenters. The zero-order chi connectivity index (χ0) is 15.8. The second-order valence-corrected chi connectivity index (χ2v) is 5.73. The first-order valence-corrected chi connectivity index (χ1v) is 8.34. The van der Waals surface area contributed by atoms with E-state index in [1.54, 1.807) is 0 Å². The lowest BCUT2D eigenvalue weighted by atomic mass is 10.1. The van der Waals surface area contributed by atoms with Crippen LogP contribution in [0.25, 0.3) is 0 Å². The summed E-state index contributed by atoms with van der Waals surface area (Å²) >= 11 is 0. The van der Waals surface area contributed by atoms with Crippen molar-refractivity contribution in [2.75, 3.05) is 13.1 Å². The van der Waals surface area contributed by atoms with Gasteiger partial charge >= 0.3 is 8.25 Å². The third-order valence-electron chi connectivity index (χ3n) is 3.25. The molecule has 5 nitrogen and oxygen atoms in total. The molecular formula is C16H21N2O3P. The molecule has 0 saturated heterocycles. The van der Waals surface area contributed by atoms with Gasteiger partial charge in [-0.2, -0.15) is 0 Å². The van der Waals surface area contributed by atoms with Crippen molar-refractivity contribution in [1.29, 1.82) is 0 Å². The lowest BCUT2D eigenvalue weighted by Crippen LogP contribution is -2.16. The summed E-state index contributed by atoms with van der Waals surface area (Å²) in [4.78, 5) is 0. The van der Waals surface area contributed by atoms with Gasteiger partial charge in [0.2, 0.25) is 0 Å². The summed E-state index contributed by atoms with van der Waals surface area (Å²) < 4.78 is 23.1. The fourth-order valence-corrected chi connectivity index (χ4v) is 3.08. The van der Waals surface area contributed by atoms with Gasteiger partial charge in [-0.1, -0.05) is 60.7 Å². The van der Waals surface area contributed by atoms with Gasteiger partial charge < -0.3 is 20.5 Å². The summed E-state index contributed by atoms with van der Waals surface area (Å²) in [5, 5.41) is 0. The Morgan fingerprint density at radius 3 is 1.45 bits per heavy atom. The van der Waals surface area contributed by atoms with E-state index in [4.69, 9.17) is 20.5 Å². The van der Waals surface area contributed by atoms with Crippen molar-refractivity contribution in [3.63, 3.8) is 0 Å². The Labute approximate surface area is 131 Å². The van der Waals surface area contributed by atoms with Gasteiger partial charge in [0.25, 0.3) is 0 Å². The highest BCUT2D eigenvalue weighted by Gasteiger charge is 2.18. The number of hydrogen-bond donors (Lipinski definition) is 2. The first kappa shape index (κ1) is 16.9. The van der Waals surface area contributed by atoms with E-state index in [2.05, 4.69) is 0 Å². The molecule has 22 heavy (non-hydrogen) atoms. The minimum Gasteiger partial charge on any atom is -0.328 e. The minimum absolute atomic E-state index is 0.225. The molecule has 0 amide bonds. The van der Waals surface area contributed by atoms with Crippen LogP contribution in [0.3, 0.4) is 0 Å². The Bertz CT molecular complexity index is 529. The molecule has 2 unspecified atom stereocenters. The van der Waals surface area contributed by atoms with Crippen LogP contribution < -0.4 is 11.5 Å². The lowest BCUT2D eigenvalue weighted by molar-refractivity contribution is 0.136. The van der Waals surface area contributed by atoms with Crippen molar-refractivity contribution >= 4 is 8.25 Å². The smallest absolute Gasteiger partial charge is 0.320 e. The van der Waals surface area contributed by atoms with Gasteiger partial charge in [0.1, 0.15) is 12.2 Å². The largest absolute Gasteiger partial charge is 0.328 e. The van der Waals surface area contributed by atoms with Gasteiger partial charge in [-0.3, -0.25) is 4.57 Å². The van der Waals surface area contributed by atoms with Crippen molar-refractivity contribution in [3.8, 4) is 0 Å². The first-order chi connectivity index (χ1) is 10.7. The molecule has 6 heteroatoms. The molecular weight excluding hydrogens is 299 g/mol. The molecule has 0 heterocycles. The number of rotatable bonds is 8. The predicted molar refractivity (Wildman–Crippen MR) is 87.6 cm³/mol. The van der Waals surface area contributed by atoms with Crippen LogP contribution in [-0.4, -0.2) is 13.1 Å². The van der Waals surface area contributed by atoms with Crippen LogP contribution in [0.4, 0.5) is 0 Å². The van der Waals surface area contributed by atoms with E-state index in [-0.39, 0.29) is 13.1 Å². The molecule has 0 saturated carbocycles. The van der Waals surface area contributed by atoms with E-state index in [1.807, 2.05) is 60.7 Å². The molecule has 4 N–H and O–H groups in total. The maximum Gasteiger partial charge on any atom is 0.320 e. The van der Waals surface area contributed by atoms with Gasteiger partial charge in [-0.25, -0.2) is 0 Å². The van der Waals surface area contributed by atoms with E-state index in [1.165, 1.54) is 0 Å². The summed E-state index contributed by atoms with van der Waals surface area (Å²) in [6.45, 7) is 0.449. The quantitative estimate of drug-likeness (QED) is 0.730. The molecule has 2 aromatic rings. The maximum absolute atomic E-state index is 12.2. The molecule has 0 radical (unpaired) electrons. The fourth-order valence-electron chi connectivity index (χ4n) is 2.10. The standard InChI is InChI=1S/C16H21N2O3P/c17-11-15(13-7-3-1-4-8-13)20-22(19)21-16(12-18)14-9-5-2-6-10-14/h1-10,15-16,22H,11-12,17-18H2. The molecule has 118 valence electrons. The average Bonchev–Trinajstić information content (AvgIpc) is 2.59. The Kier molecular flexibility index (Phi) is 6.77. The molecule has 0 bridgehead atoms. The average molecular weight is 320 g/mol. The van der Waals surface area contributed by atoms with E-state index < -0.39 is 20.5 Å². The van der Waals surface area contributed by atoms with Crippen LogP contribution in [-0.2, 0) is 13.6 Å². The SMILES string of the molecule is NCC(O[PH](=O)OC(CN)c1ccccc1)c1ccccc1. The summed E-state index contributed by atoms with van der Waals surface area (Å²) in [5.41, 5.74) is 13.1. The zero-order valence-electron chi connectivity index (χ0n) is 12.2. The van der Waals surface area contributed by atoms with Crippen molar-refractivity contribution in [3.05, 3.63) is 71.8 Å². The van der Waals surface area contributed by atoms with E-state index in [0.717, 1.165) is 11.1 Å². The van der Waals surface area contributed by atoms with Crippen molar-refractivity contribution in [1.82, 2.24) is 0 Å². The zero-order valence-corrected chi connectivity index (χ0v) is 13.2. The fraction of sp³-hybridized carbons (Fsp3) is 0.250. The monoisotopic (exact) mass is 320 g/mol. The first-order valence-electron chi connectivity index (χ1n) is 7.12. The minimum atomic E-state index is -2.72. The highest BCUT2D eigenvalue weighted by Crippen LogP contribution is 2.37. The van der Waals surface area contributed by atoms with Gasteiger partial charge in [0, 0.05) is 13.1 Å². The molecule has 0 aliphatic carbocycles. The Morgan fingerprint density at radius 1 is 0.773 bits per heavy atom. The van der Waals surface area contributed by atoms with Crippen molar-refractivity contribution in [2.24, 2.45) is 11.5 Å². The van der Waals surface area contributed by atoms with Gasteiger partial charge in [0.15, 0.2) is 0 Å². The molecule has 0 aliphatic rings. The van der Waals surface area contributed by atoms with Crippen LogP contribution in [0.1, 0.15) is 23.3 Å². The van der Waals surface area contributed by atoms with Crippen LogP contribution in [0.5, 0.6) is 0 Å². The third-order valence-corrected chi connectivity index (χ3v) is 4.20. The van der Waals surface area contributed by atoms with Gasteiger partial charge in [0.05, 0.1) is 0 Å². The van der Waals surface area contributed by atoms with E-state index >= 15 is 0 Å². The normalized spacial score (nSPS) is 15.2. The molecule has 2 aromatic carbocycles. The summed E-state index contributed by atoms with van der Waals surface area (Å²) in [7, 11) is -2.72. The number of nitrogens with two attached hydrogens (primary N) is 2. The summed E-state index contributed by atoms with van der Waals surface area (Å²) in [6, 6.07) is 18.8. The van der Waals surface area contributed by atoms with E-state index in [9.17, 15) is 4.57 Å². The molecule has 2 rings (SSSR count). The van der Waals surface area contributed by atoms with Crippen molar-refractivity contribution in [2.45, 2.75) is 12.2 Å². The second kappa shape index (κ2) is 8.83. The molecule has 0 fully saturated rings. The molecule has 0 aliphatic heterocycles. The van der Waals surface area contributed by atoms with Gasteiger partial charge in [-0.15, -0.1) is 0 Å². The Hall–Kier alpha value is -1.49. The number of hydrogen-bond acceptors (Lipinski definition) is 5. The van der Waals surface area contributed by atoms with Crippen molar-refractivity contribution < 1.29 is 13.6 Å².